The molecule has 0 saturated carbocycles. The van der Waals surface area contributed by atoms with E-state index in [1.165, 1.54) is 17.8 Å². The summed E-state index contributed by atoms with van der Waals surface area (Å²) < 4.78 is 29.2. The maximum absolute atomic E-state index is 11.6. The fraction of sp³-hybridized carbons (Fsp3) is 0.200. The standard InChI is InChI=1S/C20H19N5O2S3/c1-3-25-19(16-6-4-5-15(11-16)18-13-29-24-21-18)22-23-20(25)28-12-14-7-9-17(10-8-14)30(2,26)27/h4-11,13H,3,12H2,1-2H3. The van der Waals surface area contributed by atoms with Crippen LogP contribution in [0.1, 0.15) is 12.5 Å². The average Bonchev–Trinajstić information content (AvgIpc) is 3.42. The monoisotopic (exact) mass is 457 g/mol. The van der Waals surface area contributed by atoms with Gasteiger partial charge in [0.25, 0.3) is 0 Å². The Labute approximate surface area is 183 Å². The molecule has 7 nitrogen and oxygen atoms in total. The zero-order valence-corrected chi connectivity index (χ0v) is 18.8. The highest BCUT2D eigenvalue weighted by molar-refractivity contribution is 7.98. The molecular formula is C20H19N5O2S3. The Balaban J connectivity index is 1.55. The number of aromatic nitrogens is 5. The normalized spacial score (nSPS) is 11.7. The van der Waals surface area contributed by atoms with Gasteiger partial charge in [-0.15, -0.1) is 15.3 Å². The molecule has 0 amide bonds. The van der Waals surface area contributed by atoms with Gasteiger partial charge >= 0.3 is 0 Å². The van der Waals surface area contributed by atoms with E-state index in [1.54, 1.807) is 23.9 Å². The molecule has 2 aromatic heterocycles. The molecule has 0 aliphatic rings. The first kappa shape index (κ1) is 20.7. The highest BCUT2D eigenvalue weighted by atomic mass is 32.2. The van der Waals surface area contributed by atoms with Crippen LogP contribution < -0.4 is 0 Å². The van der Waals surface area contributed by atoms with Gasteiger partial charge in [0, 0.05) is 35.1 Å². The number of thioether (sulfide) groups is 1. The van der Waals surface area contributed by atoms with Crippen LogP contribution in [0.5, 0.6) is 0 Å². The Morgan fingerprint density at radius 2 is 1.80 bits per heavy atom. The number of benzene rings is 2. The molecule has 0 radical (unpaired) electrons. The van der Waals surface area contributed by atoms with Crippen molar-refractivity contribution < 1.29 is 8.42 Å². The molecule has 0 aliphatic heterocycles. The second-order valence-corrected chi connectivity index (χ2v) is 10.2. The molecule has 0 spiro atoms. The Morgan fingerprint density at radius 1 is 1.03 bits per heavy atom. The second kappa shape index (κ2) is 8.66. The van der Waals surface area contributed by atoms with E-state index in [0.717, 1.165) is 39.9 Å². The van der Waals surface area contributed by atoms with E-state index >= 15 is 0 Å². The molecule has 0 atom stereocenters. The Hall–Kier alpha value is -2.56. The van der Waals surface area contributed by atoms with Crippen molar-refractivity contribution in [3.8, 4) is 22.6 Å². The van der Waals surface area contributed by atoms with Gasteiger partial charge in [-0.1, -0.05) is 46.6 Å². The summed E-state index contributed by atoms with van der Waals surface area (Å²) in [4.78, 5) is 0.324. The molecule has 0 bridgehead atoms. The number of hydrogen-bond acceptors (Lipinski definition) is 8. The Kier molecular flexibility index (Phi) is 5.98. The van der Waals surface area contributed by atoms with Crippen LogP contribution in [0, 0.1) is 0 Å². The summed E-state index contributed by atoms with van der Waals surface area (Å²) in [5.74, 6) is 1.48. The molecule has 10 heteroatoms. The van der Waals surface area contributed by atoms with Gasteiger partial charge in [0.2, 0.25) is 0 Å². The van der Waals surface area contributed by atoms with Gasteiger partial charge in [0.05, 0.1) is 4.90 Å². The number of rotatable bonds is 7. The van der Waals surface area contributed by atoms with Crippen LogP contribution in [0.2, 0.25) is 0 Å². The summed E-state index contributed by atoms with van der Waals surface area (Å²) in [7, 11) is -3.19. The van der Waals surface area contributed by atoms with E-state index in [4.69, 9.17) is 0 Å². The van der Waals surface area contributed by atoms with Crippen LogP contribution >= 0.6 is 23.3 Å². The summed E-state index contributed by atoms with van der Waals surface area (Å²) in [6, 6.07) is 15.0. The van der Waals surface area contributed by atoms with Crippen molar-refractivity contribution >= 4 is 33.1 Å². The van der Waals surface area contributed by atoms with Crippen LogP contribution in [0.25, 0.3) is 22.6 Å². The molecule has 2 aromatic carbocycles. The van der Waals surface area contributed by atoms with Gasteiger partial charge in [-0.05, 0) is 42.2 Å². The van der Waals surface area contributed by atoms with Gasteiger partial charge in [-0.2, -0.15) is 0 Å². The maximum Gasteiger partial charge on any atom is 0.191 e. The summed E-state index contributed by atoms with van der Waals surface area (Å²) >= 11 is 2.90. The lowest BCUT2D eigenvalue weighted by Crippen LogP contribution is -2.00. The molecule has 0 N–H and O–H groups in total. The lowest BCUT2D eigenvalue weighted by Gasteiger charge is -2.08. The minimum Gasteiger partial charge on any atom is -0.302 e. The van der Waals surface area contributed by atoms with Crippen LogP contribution in [-0.2, 0) is 22.1 Å². The zero-order valence-electron chi connectivity index (χ0n) is 16.4. The van der Waals surface area contributed by atoms with Crippen molar-refractivity contribution in [1.82, 2.24) is 24.4 Å². The molecule has 0 saturated heterocycles. The smallest absolute Gasteiger partial charge is 0.191 e. The van der Waals surface area contributed by atoms with Crippen molar-refractivity contribution in [1.29, 1.82) is 0 Å². The lowest BCUT2D eigenvalue weighted by molar-refractivity contribution is 0.602. The predicted octanol–water partition coefficient (Wildman–Crippen LogP) is 4.18. The molecule has 154 valence electrons. The Bertz CT molecular complexity index is 1250. The highest BCUT2D eigenvalue weighted by Gasteiger charge is 2.15. The largest absolute Gasteiger partial charge is 0.302 e. The molecule has 30 heavy (non-hydrogen) atoms. The quantitative estimate of drug-likeness (QED) is 0.385. The van der Waals surface area contributed by atoms with Gasteiger partial charge in [0.15, 0.2) is 20.8 Å². The zero-order chi connectivity index (χ0) is 21.1. The van der Waals surface area contributed by atoms with E-state index in [9.17, 15) is 8.42 Å². The number of sulfone groups is 1. The van der Waals surface area contributed by atoms with Gasteiger partial charge in [0.1, 0.15) is 5.69 Å². The fourth-order valence-corrected chi connectivity index (χ4v) is 5.04. The molecule has 2 heterocycles. The van der Waals surface area contributed by atoms with Gasteiger partial charge in [-0.25, -0.2) is 8.42 Å². The van der Waals surface area contributed by atoms with Crippen molar-refractivity contribution in [3.05, 3.63) is 59.5 Å². The highest BCUT2D eigenvalue weighted by Crippen LogP contribution is 2.29. The topological polar surface area (TPSA) is 90.6 Å². The third-order valence-electron chi connectivity index (χ3n) is 4.53. The summed E-state index contributed by atoms with van der Waals surface area (Å²) in [6.45, 7) is 2.80. The van der Waals surface area contributed by atoms with E-state index in [1.807, 2.05) is 41.8 Å². The van der Waals surface area contributed by atoms with Crippen LogP contribution in [0.4, 0.5) is 0 Å². The van der Waals surface area contributed by atoms with E-state index in [-0.39, 0.29) is 0 Å². The van der Waals surface area contributed by atoms with Crippen molar-refractivity contribution in [2.45, 2.75) is 29.3 Å². The first-order valence-corrected chi connectivity index (χ1v) is 12.9. The summed E-state index contributed by atoms with van der Waals surface area (Å²) in [5, 5.41) is 15.7. The number of hydrogen-bond donors (Lipinski definition) is 0. The number of nitrogens with zero attached hydrogens (tertiary/aromatic N) is 5. The van der Waals surface area contributed by atoms with Crippen LogP contribution in [0.3, 0.4) is 0 Å². The summed E-state index contributed by atoms with van der Waals surface area (Å²) in [5.41, 5.74) is 3.83. The SMILES string of the molecule is CCn1c(SCc2ccc(S(C)(=O)=O)cc2)nnc1-c1cccc(-c2csnn2)c1. The molecule has 0 fully saturated rings. The van der Waals surface area contributed by atoms with E-state index < -0.39 is 9.84 Å². The predicted molar refractivity (Wildman–Crippen MR) is 119 cm³/mol. The van der Waals surface area contributed by atoms with E-state index in [2.05, 4.69) is 31.3 Å². The third kappa shape index (κ3) is 4.45. The van der Waals surface area contributed by atoms with Gasteiger partial charge < -0.3 is 4.57 Å². The molecule has 4 aromatic rings. The maximum atomic E-state index is 11.6. The fourth-order valence-electron chi connectivity index (χ4n) is 2.98. The second-order valence-electron chi connectivity index (χ2n) is 6.63. The molecular weight excluding hydrogens is 438 g/mol. The van der Waals surface area contributed by atoms with Crippen LogP contribution in [-0.4, -0.2) is 39.0 Å². The lowest BCUT2D eigenvalue weighted by atomic mass is 10.1. The van der Waals surface area contributed by atoms with Crippen LogP contribution in [0.15, 0.2) is 64.0 Å². The molecule has 4 rings (SSSR count). The Morgan fingerprint density at radius 3 is 2.47 bits per heavy atom. The average molecular weight is 458 g/mol. The van der Waals surface area contributed by atoms with Crippen molar-refractivity contribution in [3.63, 3.8) is 0 Å². The minimum absolute atomic E-state index is 0.324. The minimum atomic E-state index is -3.19. The molecule has 0 unspecified atom stereocenters. The van der Waals surface area contributed by atoms with Gasteiger partial charge in [-0.3, -0.25) is 0 Å². The first-order chi connectivity index (χ1) is 14.5. The first-order valence-electron chi connectivity index (χ1n) is 9.18. The van der Waals surface area contributed by atoms with E-state index in [0.29, 0.717) is 10.6 Å². The third-order valence-corrected chi connectivity index (χ3v) is 7.20. The summed E-state index contributed by atoms with van der Waals surface area (Å²) in [6.07, 6.45) is 1.21. The molecule has 0 aliphatic carbocycles. The van der Waals surface area contributed by atoms with Crippen molar-refractivity contribution in [2.75, 3.05) is 6.26 Å². The van der Waals surface area contributed by atoms with Crippen molar-refractivity contribution in [2.24, 2.45) is 0 Å².